The first-order valence-electron chi connectivity index (χ1n) is 8.65. The number of ether oxygens (including phenoxy) is 2. The van der Waals surface area contributed by atoms with Crippen LogP contribution in [0.15, 0.2) is 42.5 Å². The summed E-state index contributed by atoms with van der Waals surface area (Å²) < 4.78 is 24.8. The number of nitrogens with zero attached hydrogens (tertiary/aromatic N) is 1. The number of amides is 1. The van der Waals surface area contributed by atoms with E-state index in [0.29, 0.717) is 42.5 Å². The molecule has 0 fully saturated rings. The fourth-order valence-electron chi connectivity index (χ4n) is 2.55. The van der Waals surface area contributed by atoms with Crippen molar-refractivity contribution in [1.82, 2.24) is 4.90 Å². The van der Waals surface area contributed by atoms with Gasteiger partial charge in [0.05, 0.1) is 25.4 Å². The van der Waals surface area contributed by atoms with Crippen molar-refractivity contribution in [2.24, 2.45) is 0 Å². The molecule has 0 bridgehead atoms. The first-order valence-corrected chi connectivity index (χ1v) is 8.65. The van der Waals surface area contributed by atoms with Crippen LogP contribution in [0, 0.1) is 5.82 Å². The number of hydrogen-bond acceptors (Lipinski definition) is 4. The lowest BCUT2D eigenvalue weighted by molar-refractivity contribution is -0.117. The Morgan fingerprint density at radius 2 is 1.85 bits per heavy atom. The van der Waals surface area contributed by atoms with Crippen LogP contribution in [0.2, 0.25) is 0 Å². The average molecular weight is 360 g/mol. The highest BCUT2D eigenvalue weighted by Gasteiger charge is 2.13. The van der Waals surface area contributed by atoms with Crippen molar-refractivity contribution in [1.29, 1.82) is 0 Å². The largest absolute Gasteiger partial charge is 0.494 e. The van der Waals surface area contributed by atoms with Gasteiger partial charge in [-0.15, -0.1) is 0 Å². The molecule has 0 aliphatic rings. The highest BCUT2D eigenvalue weighted by atomic mass is 19.1. The summed E-state index contributed by atoms with van der Waals surface area (Å²) in [5.74, 6) is 0.758. The quantitative estimate of drug-likeness (QED) is 0.741. The van der Waals surface area contributed by atoms with Gasteiger partial charge in [0.15, 0.2) is 0 Å². The third-order valence-electron chi connectivity index (χ3n) is 3.65. The van der Waals surface area contributed by atoms with E-state index < -0.39 is 0 Å². The van der Waals surface area contributed by atoms with Gasteiger partial charge in [-0.3, -0.25) is 9.69 Å². The Labute approximate surface area is 153 Å². The molecular weight excluding hydrogens is 335 g/mol. The minimum absolute atomic E-state index is 0.124. The van der Waals surface area contributed by atoms with Crippen LogP contribution in [-0.2, 0) is 11.3 Å². The van der Waals surface area contributed by atoms with Gasteiger partial charge in [0.1, 0.15) is 17.3 Å². The summed E-state index contributed by atoms with van der Waals surface area (Å²) in [6, 6.07) is 11.9. The molecule has 0 unspecified atom stereocenters. The van der Waals surface area contributed by atoms with E-state index in [2.05, 4.69) is 5.32 Å². The van der Waals surface area contributed by atoms with Crippen LogP contribution in [-0.4, -0.2) is 37.6 Å². The molecule has 1 N–H and O–H groups in total. The van der Waals surface area contributed by atoms with Crippen LogP contribution < -0.4 is 14.8 Å². The summed E-state index contributed by atoms with van der Waals surface area (Å²) in [7, 11) is 1.77. The number of carbonyl (C=O) groups excluding carboxylic acids is 1. The maximum Gasteiger partial charge on any atom is 0.238 e. The number of hydrogen-bond donors (Lipinski definition) is 1. The molecule has 2 aromatic rings. The molecule has 0 aromatic heterocycles. The number of anilines is 1. The van der Waals surface area contributed by atoms with E-state index in [-0.39, 0.29) is 18.3 Å². The first-order chi connectivity index (χ1) is 12.5. The average Bonchev–Trinajstić information content (AvgIpc) is 2.59. The molecule has 0 saturated heterocycles. The normalized spacial score (nSPS) is 10.7. The highest BCUT2D eigenvalue weighted by Crippen LogP contribution is 2.29. The predicted octanol–water partition coefficient (Wildman–Crippen LogP) is 3.69. The molecule has 2 rings (SSSR count). The molecular formula is C20H25FN2O3. The summed E-state index contributed by atoms with van der Waals surface area (Å²) >= 11 is 0. The summed E-state index contributed by atoms with van der Waals surface area (Å²) in [6.45, 7) is 5.27. The van der Waals surface area contributed by atoms with E-state index in [0.717, 1.165) is 0 Å². The number of rotatable bonds is 9. The lowest BCUT2D eigenvalue weighted by Crippen LogP contribution is -2.30. The number of benzene rings is 2. The third kappa shape index (κ3) is 5.74. The third-order valence-corrected chi connectivity index (χ3v) is 3.65. The molecule has 0 heterocycles. The van der Waals surface area contributed by atoms with Gasteiger partial charge < -0.3 is 14.8 Å². The first kappa shape index (κ1) is 19.7. The highest BCUT2D eigenvalue weighted by molar-refractivity contribution is 5.94. The minimum atomic E-state index is -0.275. The monoisotopic (exact) mass is 360 g/mol. The molecule has 140 valence electrons. The maximum atomic E-state index is 13.7. The van der Waals surface area contributed by atoms with E-state index in [1.165, 1.54) is 6.07 Å². The molecule has 0 saturated carbocycles. The summed E-state index contributed by atoms with van der Waals surface area (Å²) in [5, 5.41) is 2.85. The van der Waals surface area contributed by atoms with Gasteiger partial charge >= 0.3 is 0 Å². The Balaban J connectivity index is 2.01. The van der Waals surface area contributed by atoms with Crippen molar-refractivity contribution < 1.29 is 18.7 Å². The Bertz CT molecular complexity index is 737. The van der Waals surface area contributed by atoms with Gasteiger partial charge in [0.2, 0.25) is 5.91 Å². The fourth-order valence-corrected chi connectivity index (χ4v) is 2.55. The molecule has 0 radical (unpaired) electrons. The Hall–Kier alpha value is -2.60. The van der Waals surface area contributed by atoms with E-state index >= 15 is 0 Å². The number of carbonyl (C=O) groups is 1. The van der Waals surface area contributed by atoms with Gasteiger partial charge in [-0.1, -0.05) is 18.2 Å². The van der Waals surface area contributed by atoms with Crippen molar-refractivity contribution in [3.8, 4) is 11.5 Å². The molecule has 0 atom stereocenters. The molecule has 26 heavy (non-hydrogen) atoms. The lowest BCUT2D eigenvalue weighted by Gasteiger charge is -2.18. The Morgan fingerprint density at radius 3 is 2.54 bits per heavy atom. The Morgan fingerprint density at radius 1 is 1.12 bits per heavy atom. The second-order valence-electron chi connectivity index (χ2n) is 5.84. The van der Waals surface area contributed by atoms with Crippen LogP contribution in [0.3, 0.4) is 0 Å². The van der Waals surface area contributed by atoms with Crippen molar-refractivity contribution in [2.45, 2.75) is 20.4 Å². The topological polar surface area (TPSA) is 50.8 Å². The van der Waals surface area contributed by atoms with E-state index in [1.807, 2.05) is 13.8 Å². The van der Waals surface area contributed by atoms with Crippen molar-refractivity contribution in [3.63, 3.8) is 0 Å². The second kappa shape index (κ2) is 9.77. The molecule has 0 aliphatic heterocycles. The fraction of sp³-hybridized carbons (Fsp3) is 0.350. The van der Waals surface area contributed by atoms with Gasteiger partial charge in [0, 0.05) is 18.2 Å². The van der Waals surface area contributed by atoms with E-state index in [9.17, 15) is 9.18 Å². The minimum Gasteiger partial charge on any atom is -0.494 e. The van der Waals surface area contributed by atoms with Gasteiger partial charge in [0.25, 0.3) is 0 Å². The zero-order valence-electron chi connectivity index (χ0n) is 15.4. The maximum absolute atomic E-state index is 13.7. The van der Waals surface area contributed by atoms with Gasteiger partial charge in [-0.25, -0.2) is 4.39 Å². The zero-order chi connectivity index (χ0) is 18.9. The Kier molecular flexibility index (Phi) is 7.41. The van der Waals surface area contributed by atoms with E-state index in [1.54, 1.807) is 48.3 Å². The van der Waals surface area contributed by atoms with Gasteiger partial charge in [-0.05, 0) is 39.1 Å². The van der Waals surface area contributed by atoms with Crippen molar-refractivity contribution in [3.05, 3.63) is 53.8 Å². The SMILES string of the molecule is CCOc1ccc(OCC)c(NC(=O)CN(C)Cc2ccccc2F)c1. The zero-order valence-corrected chi connectivity index (χ0v) is 15.4. The summed E-state index contributed by atoms with van der Waals surface area (Å²) in [5.41, 5.74) is 1.11. The lowest BCUT2D eigenvalue weighted by atomic mass is 10.2. The molecule has 0 aliphatic carbocycles. The molecule has 1 amide bonds. The predicted molar refractivity (Wildman–Crippen MR) is 100 cm³/mol. The van der Waals surface area contributed by atoms with E-state index in [4.69, 9.17) is 9.47 Å². The number of likely N-dealkylation sites (N-methyl/N-ethyl adjacent to an activating group) is 1. The van der Waals surface area contributed by atoms with Gasteiger partial charge in [-0.2, -0.15) is 0 Å². The number of nitrogens with one attached hydrogen (secondary N) is 1. The smallest absolute Gasteiger partial charge is 0.238 e. The van der Waals surface area contributed by atoms with Crippen LogP contribution >= 0.6 is 0 Å². The van der Waals surface area contributed by atoms with Crippen LogP contribution in [0.4, 0.5) is 10.1 Å². The molecule has 2 aromatic carbocycles. The van der Waals surface area contributed by atoms with Crippen LogP contribution in [0.5, 0.6) is 11.5 Å². The van der Waals surface area contributed by atoms with Crippen LogP contribution in [0.25, 0.3) is 0 Å². The van der Waals surface area contributed by atoms with Crippen LogP contribution in [0.1, 0.15) is 19.4 Å². The standard InChI is InChI=1S/C20H25FN2O3/c1-4-25-16-10-11-19(26-5-2)18(12-16)22-20(24)14-23(3)13-15-8-6-7-9-17(15)21/h6-12H,4-5,13-14H2,1-3H3,(H,22,24). The summed E-state index contributed by atoms with van der Waals surface area (Å²) in [4.78, 5) is 14.1. The second-order valence-corrected chi connectivity index (χ2v) is 5.84. The molecule has 5 nitrogen and oxygen atoms in total. The molecule has 6 heteroatoms. The number of halogens is 1. The molecule has 0 spiro atoms. The summed E-state index contributed by atoms with van der Waals surface area (Å²) in [6.07, 6.45) is 0. The van der Waals surface area contributed by atoms with Crippen molar-refractivity contribution in [2.75, 3.05) is 32.1 Å². The van der Waals surface area contributed by atoms with Crippen molar-refractivity contribution >= 4 is 11.6 Å².